The standard InChI is InChI=1S/C7H16O2/c1-3-5-7(9)6(8)4-2/h6-9H,3-5H2,1-2H3. The lowest BCUT2D eigenvalue weighted by molar-refractivity contribution is 0.0124. The molecule has 9 heavy (non-hydrogen) atoms. The molecule has 0 aromatic heterocycles. The van der Waals surface area contributed by atoms with Crippen molar-refractivity contribution in [2.24, 2.45) is 0 Å². The maximum Gasteiger partial charge on any atom is 0.0798 e. The summed E-state index contributed by atoms with van der Waals surface area (Å²) < 4.78 is 0. The predicted octanol–water partition coefficient (Wildman–Crippen LogP) is 0.918. The van der Waals surface area contributed by atoms with Crippen molar-refractivity contribution in [3.63, 3.8) is 0 Å². The quantitative estimate of drug-likeness (QED) is 0.597. The van der Waals surface area contributed by atoms with Crippen LogP contribution in [-0.2, 0) is 0 Å². The normalized spacial score (nSPS) is 17.3. The molecule has 2 nitrogen and oxygen atoms in total. The van der Waals surface area contributed by atoms with Gasteiger partial charge in [0.05, 0.1) is 12.2 Å². The van der Waals surface area contributed by atoms with E-state index in [9.17, 15) is 0 Å². The Balaban J connectivity index is 3.32. The number of rotatable bonds is 4. The topological polar surface area (TPSA) is 40.5 Å². The van der Waals surface area contributed by atoms with E-state index in [-0.39, 0.29) is 0 Å². The van der Waals surface area contributed by atoms with Gasteiger partial charge in [-0.25, -0.2) is 0 Å². The molecule has 2 heteroatoms. The molecule has 0 rings (SSSR count). The summed E-state index contributed by atoms with van der Waals surface area (Å²) in [5.41, 5.74) is 0. The Morgan fingerprint density at radius 1 is 1.11 bits per heavy atom. The molecule has 0 saturated heterocycles. The van der Waals surface area contributed by atoms with Gasteiger partial charge in [-0.2, -0.15) is 0 Å². The van der Waals surface area contributed by atoms with E-state index in [1.807, 2.05) is 13.8 Å². The summed E-state index contributed by atoms with van der Waals surface area (Å²) >= 11 is 0. The smallest absolute Gasteiger partial charge is 0.0798 e. The highest BCUT2D eigenvalue weighted by molar-refractivity contribution is 4.63. The Labute approximate surface area is 56.5 Å². The summed E-state index contributed by atoms with van der Waals surface area (Å²) in [6.07, 6.45) is 1.24. The van der Waals surface area contributed by atoms with Gasteiger partial charge in [-0.1, -0.05) is 20.3 Å². The SMILES string of the molecule is CCCC(O)C(O)CC. The maximum absolute atomic E-state index is 9.07. The molecule has 0 radical (unpaired) electrons. The third-order valence-electron chi connectivity index (χ3n) is 1.45. The molecule has 0 spiro atoms. The molecule has 0 aliphatic rings. The Hall–Kier alpha value is -0.0800. The van der Waals surface area contributed by atoms with Crippen LogP contribution in [0.4, 0.5) is 0 Å². The average molecular weight is 132 g/mol. The zero-order chi connectivity index (χ0) is 7.28. The highest BCUT2D eigenvalue weighted by atomic mass is 16.3. The fourth-order valence-corrected chi connectivity index (χ4v) is 0.760. The highest BCUT2D eigenvalue weighted by Crippen LogP contribution is 2.04. The van der Waals surface area contributed by atoms with E-state index in [4.69, 9.17) is 10.2 Å². The molecule has 2 atom stereocenters. The second-order valence-electron chi connectivity index (χ2n) is 2.33. The molecule has 0 amide bonds. The fourth-order valence-electron chi connectivity index (χ4n) is 0.760. The van der Waals surface area contributed by atoms with Crippen molar-refractivity contribution in [3.05, 3.63) is 0 Å². The van der Waals surface area contributed by atoms with Crippen LogP contribution in [-0.4, -0.2) is 22.4 Å². The molecule has 0 aliphatic heterocycles. The number of hydrogen-bond donors (Lipinski definition) is 2. The van der Waals surface area contributed by atoms with Crippen LogP contribution in [0.3, 0.4) is 0 Å². The predicted molar refractivity (Wildman–Crippen MR) is 37.2 cm³/mol. The lowest BCUT2D eigenvalue weighted by Gasteiger charge is -2.14. The van der Waals surface area contributed by atoms with Crippen LogP contribution in [0, 0.1) is 0 Å². The summed E-state index contributed by atoms with van der Waals surface area (Å²) in [6.45, 7) is 3.86. The monoisotopic (exact) mass is 132 g/mol. The van der Waals surface area contributed by atoms with E-state index in [0.717, 1.165) is 6.42 Å². The molecule has 2 N–H and O–H groups in total. The number of hydrogen-bond acceptors (Lipinski definition) is 2. The third kappa shape index (κ3) is 3.49. The summed E-state index contributed by atoms with van der Waals surface area (Å²) in [5.74, 6) is 0. The van der Waals surface area contributed by atoms with Gasteiger partial charge in [0, 0.05) is 0 Å². The maximum atomic E-state index is 9.07. The summed E-state index contributed by atoms with van der Waals surface area (Å²) in [4.78, 5) is 0. The summed E-state index contributed by atoms with van der Waals surface area (Å²) in [6, 6.07) is 0. The molecule has 0 aromatic rings. The van der Waals surface area contributed by atoms with E-state index in [2.05, 4.69) is 0 Å². The Bertz CT molecular complexity index is 63.9. The van der Waals surface area contributed by atoms with E-state index in [1.165, 1.54) is 0 Å². The van der Waals surface area contributed by atoms with Crippen molar-refractivity contribution in [3.8, 4) is 0 Å². The lowest BCUT2D eigenvalue weighted by Crippen LogP contribution is -2.24. The zero-order valence-electron chi connectivity index (χ0n) is 6.17. The minimum absolute atomic E-state index is 0.514. The van der Waals surface area contributed by atoms with Crippen LogP contribution in [0.25, 0.3) is 0 Å². The zero-order valence-corrected chi connectivity index (χ0v) is 6.17. The molecule has 56 valence electrons. The first-order valence-corrected chi connectivity index (χ1v) is 3.58. The van der Waals surface area contributed by atoms with Crippen molar-refractivity contribution >= 4 is 0 Å². The fraction of sp³-hybridized carbons (Fsp3) is 1.00. The van der Waals surface area contributed by atoms with E-state index in [0.29, 0.717) is 12.8 Å². The van der Waals surface area contributed by atoms with Crippen molar-refractivity contribution in [2.45, 2.75) is 45.3 Å². The highest BCUT2D eigenvalue weighted by Gasteiger charge is 2.11. The van der Waals surface area contributed by atoms with Crippen LogP contribution < -0.4 is 0 Å². The van der Waals surface area contributed by atoms with Crippen LogP contribution in [0.1, 0.15) is 33.1 Å². The van der Waals surface area contributed by atoms with Crippen LogP contribution >= 0.6 is 0 Å². The molecule has 0 bridgehead atoms. The first kappa shape index (κ1) is 8.92. The average Bonchev–Trinajstić information content (AvgIpc) is 1.87. The molecule has 0 aliphatic carbocycles. The minimum atomic E-state index is -0.523. The molecular formula is C7H16O2. The second-order valence-corrected chi connectivity index (χ2v) is 2.33. The number of aliphatic hydroxyl groups excluding tert-OH is 2. The van der Waals surface area contributed by atoms with Crippen molar-refractivity contribution in [1.29, 1.82) is 0 Å². The lowest BCUT2D eigenvalue weighted by atomic mass is 10.1. The van der Waals surface area contributed by atoms with Crippen molar-refractivity contribution in [1.82, 2.24) is 0 Å². The first-order chi connectivity index (χ1) is 4.22. The van der Waals surface area contributed by atoms with Gasteiger partial charge in [0.1, 0.15) is 0 Å². The second kappa shape index (κ2) is 4.77. The van der Waals surface area contributed by atoms with Crippen LogP contribution in [0.2, 0.25) is 0 Å². The minimum Gasteiger partial charge on any atom is -0.390 e. The Morgan fingerprint density at radius 2 is 1.67 bits per heavy atom. The molecule has 0 saturated carbocycles. The molecule has 0 aromatic carbocycles. The van der Waals surface area contributed by atoms with E-state index < -0.39 is 12.2 Å². The first-order valence-electron chi connectivity index (χ1n) is 3.58. The van der Waals surface area contributed by atoms with Gasteiger partial charge in [0.15, 0.2) is 0 Å². The molecule has 0 heterocycles. The van der Waals surface area contributed by atoms with Gasteiger partial charge >= 0.3 is 0 Å². The van der Waals surface area contributed by atoms with Gasteiger partial charge in [0.2, 0.25) is 0 Å². The van der Waals surface area contributed by atoms with Gasteiger partial charge in [-0.3, -0.25) is 0 Å². The van der Waals surface area contributed by atoms with Crippen LogP contribution in [0.15, 0.2) is 0 Å². The van der Waals surface area contributed by atoms with Crippen LogP contribution in [0.5, 0.6) is 0 Å². The Kier molecular flexibility index (Phi) is 4.72. The van der Waals surface area contributed by atoms with Gasteiger partial charge in [0.25, 0.3) is 0 Å². The molecule has 0 fully saturated rings. The van der Waals surface area contributed by atoms with Crippen molar-refractivity contribution in [2.75, 3.05) is 0 Å². The summed E-state index contributed by atoms with van der Waals surface area (Å²) in [7, 11) is 0. The summed E-state index contributed by atoms with van der Waals surface area (Å²) in [5, 5.41) is 18.1. The van der Waals surface area contributed by atoms with Gasteiger partial charge in [-0.15, -0.1) is 0 Å². The third-order valence-corrected chi connectivity index (χ3v) is 1.45. The van der Waals surface area contributed by atoms with Gasteiger partial charge < -0.3 is 10.2 Å². The molecule has 2 unspecified atom stereocenters. The number of aliphatic hydroxyl groups is 2. The van der Waals surface area contributed by atoms with Crippen molar-refractivity contribution < 1.29 is 10.2 Å². The molecular weight excluding hydrogens is 116 g/mol. The van der Waals surface area contributed by atoms with E-state index in [1.54, 1.807) is 0 Å². The largest absolute Gasteiger partial charge is 0.390 e. The Morgan fingerprint density at radius 3 is 2.00 bits per heavy atom. The van der Waals surface area contributed by atoms with E-state index >= 15 is 0 Å². The van der Waals surface area contributed by atoms with Gasteiger partial charge in [-0.05, 0) is 12.8 Å².